The minimum atomic E-state index is -1.10. The average molecular weight is 626 g/mol. The molecular formula is C33H59N3O8. The molecule has 0 aromatic heterocycles. The van der Waals surface area contributed by atoms with Crippen molar-refractivity contribution < 1.29 is 38.2 Å². The van der Waals surface area contributed by atoms with Crippen LogP contribution in [0.1, 0.15) is 117 Å². The van der Waals surface area contributed by atoms with E-state index in [0.717, 1.165) is 0 Å². The molecule has 0 heterocycles. The lowest BCUT2D eigenvalue weighted by Gasteiger charge is -2.37. The topological polar surface area (TPSA) is 140 Å². The molecule has 0 fully saturated rings. The van der Waals surface area contributed by atoms with E-state index in [0.29, 0.717) is 0 Å². The molecule has 2 N–H and O–H groups in total. The van der Waals surface area contributed by atoms with Crippen molar-refractivity contribution in [1.29, 1.82) is 0 Å². The summed E-state index contributed by atoms with van der Waals surface area (Å²) >= 11 is 0. The molecule has 0 saturated carbocycles. The Morgan fingerprint density at radius 2 is 1.23 bits per heavy atom. The molecule has 0 radical (unpaired) electrons. The molecule has 254 valence electrons. The first-order valence-electron chi connectivity index (χ1n) is 15.2. The number of nitrogens with zero attached hydrogens (tertiary/aromatic N) is 1. The molecule has 0 bridgehead atoms. The molecule has 11 heteroatoms. The molecule has 0 saturated heterocycles. The molecule has 0 aliphatic carbocycles. The van der Waals surface area contributed by atoms with Crippen molar-refractivity contribution in [1.82, 2.24) is 15.5 Å². The fourth-order valence-corrected chi connectivity index (χ4v) is 4.06. The van der Waals surface area contributed by atoms with Crippen LogP contribution in [0, 0.1) is 11.3 Å². The maximum absolute atomic E-state index is 13.8. The lowest BCUT2D eigenvalue weighted by atomic mass is 9.85. The van der Waals surface area contributed by atoms with E-state index in [1.807, 2.05) is 34.6 Å². The number of likely N-dealkylation sites (N-methyl/N-ethyl adjacent to an activating group) is 1. The molecular weight excluding hydrogens is 566 g/mol. The van der Waals surface area contributed by atoms with Crippen LogP contribution in [0.5, 0.6) is 0 Å². The summed E-state index contributed by atoms with van der Waals surface area (Å²) in [6.07, 6.45) is 0.837. The summed E-state index contributed by atoms with van der Waals surface area (Å²) in [5.74, 6) is -2.17. The smallest absolute Gasteiger partial charge is 0.408 e. The number of amides is 3. The number of hydrogen-bond donors (Lipinski definition) is 2. The van der Waals surface area contributed by atoms with Crippen molar-refractivity contribution in [3.05, 3.63) is 11.6 Å². The highest BCUT2D eigenvalue weighted by Gasteiger charge is 2.38. The van der Waals surface area contributed by atoms with Crippen molar-refractivity contribution in [2.45, 2.75) is 152 Å². The molecule has 0 aliphatic rings. The van der Waals surface area contributed by atoms with Crippen molar-refractivity contribution in [3.8, 4) is 0 Å². The Morgan fingerprint density at radius 1 is 0.750 bits per heavy atom. The zero-order chi connectivity index (χ0) is 35.0. The summed E-state index contributed by atoms with van der Waals surface area (Å²) in [4.78, 5) is 66.5. The van der Waals surface area contributed by atoms with E-state index >= 15 is 0 Å². The second-order valence-electron chi connectivity index (χ2n) is 15.7. The normalized spacial score (nSPS) is 15.1. The average Bonchev–Trinajstić information content (AvgIpc) is 2.77. The van der Waals surface area contributed by atoms with E-state index in [4.69, 9.17) is 14.2 Å². The summed E-state index contributed by atoms with van der Waals surface area (Å²) in [5.41, 5.74) is -2.61. The van der Waals surface area contributed by atoms with Crippen molar-refractivity contribution in [2.75, 3.05) is 7.05 Å². The second-order valence-corrected chi connectivity index (χ2v) is 15.7. The van der Waals surface area contributed by atoms with Crippen LogP contribution < -0.4 is 10.6 Å². The molecule has 0 spiro atoms. The van der Waals surface area contributed by atoms with Gasteiger partial charge in [-0.05, 0) is 87.0 Å². The number of carbonyl (C=O) groups excluding carboxylic acids is 5. The van der Waals surface area contributed by atoms with Crippen LogP contribution in [-0.4, -0.2) is 76.7 Å². The van der Waals surface area contributed by atoms with Gasteiger partial charge in [0.1, 0.15) is 28.9 Å². The first-order valence-corrected chi connectivity index (χ1v) is 15.2. The largest absolute Gasteiger partial charge is 0.460 e. The van der Waals surface area contributed by atoms with Crippen LogP contribution in [-0.2, 0) is 33.4 Å². The van der Waals surface area contributed by atoms with E-state index < -0.39 is 64.3 Å². The van der Waals surface area contributed by atoms with Crippen molar-refractivity contribution >= 4 is 29.8 Å². The van der Waals surface area contributed by atoms with E-state index in [1.165, 1.54) is 4.90 Å². The number of ether oxygens (including phenoxy) is 3. The molecule has 0 aromatic rings. The number of rotatable bonds is 11. The fraction of sp³-hybridized carbons (Fsp3) is 0.788. The Morgan fingerprint density at radius 3 is 1.64 bits per heavy atom. The fourth-order valence-electron chi connectivity index (χ4n) is 4.06. The first kappa shape index (κ1) is 40.9. The molecule has 3 atom stereocenters. The zero-order valence-corrected chi connectivity index (χ0v) is 30.0. The highest BCUT2D eigenvalue weighted by atomic mass is 16.6. The molecule has 0 rings (SSSR count). The van der Waals surface area contributed by atoms with E-state index in [9.17, 15) is 24.0 Å². The predicted octanol–water partition coefficient (Wildman–Crippen LogP) is 5.30. The minimum absolute atomic E-state index is 0.0154. The lowest BCUT2D eigenvalue weighted by Crippen LogP contribution is -2.57. The molecule has 0 unspecified atom stereocenters. The highest BCUT2D eigenvalue weighted by Crippen LogP contribution is 2.24. The monoisotopic (exact) mass is 625 g/mol. The third-order valence-electron chi connectivity index (χ3n) is 6.08. The number of esters is 2. The van der Waals surface area contributed by atoms with Gasteiger partial charge < -0.3 is 29.7 Å². The SMILES string of the molecule is C/C(=C\[C@H](C(C)C)N(C)C(=O)[C@@H](NC(=O)OC(C)(C)C)C(C)(C)C)C(=O)N[C@H](CCC(=O)OC(C)(C)C)C(=O)OC(C)(C)C. The molecule has 11 nitrogen and oxygen atoms in total. The van der Waals surface area contributed by atoms with Crippen LogP contribution in [0.25, 0.3) is 0 Å². The molecule has 44 heavy (non-hydrogen) atoms. The first-order chi connectivity index (χ1) is 19.5. The third-order valence-corrected chi connectivity index (χ3v) is 6.08. The summed E-state index contributed by atoms with van der Waals surface area (Å²) in [6.45, 7) is 26.5. The summed E-state index contributed by atoms with van der Waals surface area (Å²) in [6, 6.07) is -2.53. The molecule has 3 amide bonds. The number of carbonyl (C=O) groups is 5. The van der Waals surface area contributed by atoms with Gasteiger partial charge in [0, 0.05) is 19.0 Å². The predicted molar refractivity (Wildman–Crippen MR) is 171 cm³/mol. The van der Waals surface area contributed by atoms with Crippen LogP contribution in [0.2, 0.25) is 0 Å². The molecule has 0 aliphatic heterocycles. The maximum Gasteiger partial charge on any atom is 0.408 e. The van der Waals surface area contributed by atoms with E-state index in [1.54, 1.807) is 82.4 Å². The minimum Gasteiger partial charge on any atom is -0.460 e. The Bertz CT molecular complexity index is 1050. The van der Waals surface area contributed by atoms with Crippen LogP contribution >= 0.6 is 0 Å². The van der Waals surface area contributed by atoms with Gasteiger partial charge in [-0.25, -0.2) is 9.59 Å². The van der Waals surface area contributed by atoms with Gasteiger partial charge in [-0.15, -0.1) is 0 Å². The van der Waals surface area contributed by atoms with Gasteiger partial charge in [0.2, 0.25) is 11.8 Å². The van der Waals surface area contributed by atoms with Crippen LogP contribution in [0.3, 0.4) is 0 Å². The third kappa shape index (κ3) is 16.1. The zero-order valence-electron chi connectivity index (χ0n) is 30.0. The standard InChI is InChI=1S/C33H59N3O8/c1-20(2)23(36(16)27(39)25(30(4,5)6)35-29(41)44-33(13,14)15)19-21(3)26(38)34-22(28(40)43-32(10,11)12)17-18-24(37)42-31(7,8)9/h19-20,22-23,25H,17-18H2,1-16H3,(H,34,38)(H,35,41)/b21-19+/t22-,23-,25-/m1/s1. The van der Waals surface area contributed by atoms with Gasteiger partial charge >= 0.3 is 18.0 Å². The Labute approximate surface area is 265 Å². The van der Waals surface area contributed by atoms with Crippen molar-refractivity contribution in [2.24, 2.45) is 11.3 Å². The Kier molecular flexibility index (Phi) is 14.6. The number of nitrogens with one attached hydrogen (secondary N) is 2. The van der Waals surface area contributed by atoms with Gasteiger partial charge in [-0.3, -0.25) is 14.4 Å². The van der Waals surface area contributed by atoms with Crippen LogP contribution in [0.4, 0.5) is 4.79 Å². The van der Waals surface area contributed by atoms with Crippen molar-refractivity contribution in [3.63, 3.8) is 0 Å². The van der Waals surface area contributed by atoms with E-state index in [-0.39, 0.29) is 30.2 Å². The number of hydrogen-bond acceptors (Lipinski definition) is 8. The lowest BCUT2D eigenvalue weighted by molar-refractivity contribution is -0.159. The summed E-state index contributed by atoms with van der Waals surface area (Å²) in [5, 5.41) is 5.41. The second kappa shape index (κ2) is 15.8. The Balaban J connectivity index is 6.08. The van der Waals surface area contributed by atoms with Gasteiger partial charge in [0.15, 0.2) is 0 Å². The summed E-state index contributed by atoms with van der Waals surface area (Å²) in [7, 11) is 1.62. The summed E-state index contributed by atoms with van der Waals surface area (Å²) < 4.78 is 16.2. The van der Waals surface area contributed by atoms with Crippen LogP contribution in [0.15, 0.2) is 11.6 Å². The maximum atomic E-state index is 13.8. The Hall–Kier alpha value is -3.11. The quantitative estimate of drug-likeness (QED) is 0.179. The van der Waals surface area contributed by atoms with Gasteiger partial charge in [-0.1, -0.05) is 40.7 Å². The highest BCUT2D eigenvalue weighted by molar-refractivity contribution is 5.96. The van der Waals surface area contributed by atoms with Gasteiger partial charge in [0.05, 0.1) is 6.04 Å². The van der Waals surface area contributed by atoms with E-state index in [2.05, 4.69) is 10.6 Å². The number of alkyl carbamates (subject to hydrolysis) is 1. The molecule has 0 aromatic carbocycles. The van der Waals surface area contributed by atoms with Gasteiger partial charge in [-0.2, -0.15) is 0 Å². The van der Waals surface area contributed by atoms with Gasteiger partial charge in [0.25, 0.3) is 0 Å².